The Kier molecular flexibility index (Phi) is 3.45. The number of hydrogen-bond acceptors (Lipinski definition) is 3. The average Bonchev–Trinajstić information content (AvgIpc) is 2.60. The van der Waals surface area contributed by atoms with Crippen molar-refractivity contribution in [2.24, 2.45) is 5.41 Å². The minimum atomic E-state index is -0.473. The van der Waals surface area contributed by atoms with Gasteiger partial charge in [0.15, 0.2) is 6.23 Å². The molecular formula is C12H14Cl2N2O2. The van der Waals surface area contributed by atoms with E-state index in [1.54, 1.807) is 18.2 Å². The molecule has 0 radical (unpaired) electrons. The van der Waals surface area contributed by atoms with Crippen molar-refractivity contribution in [2.75, 3.05) is 5.01 Å². The molecule has 1 atom stereocenters. The van der Waals surface area contributed by atoms with Crippen molar-refractivity contribution in [3.05, 3.63) is 28.2 Å². The van der Waals surface area contributed by atoms with Crippen LogP contribution in [0.25, 0.3) is 0 Å². The summed E-state index contributed by atoms with van der Waals surface area (Å²) < 4.78 is 5.26. The highest BCUT2D eigenvalue weighted by molar-refractivity contribution is 6.36. The van der Waals surface area contributed by atoms with Crippen LogP contribution in [-0.4, -0.2) is 12.3 Å². The highest BCUT2D eigenvalue weighted by Crippen LogP contribution is 2.32. The van der Waals surface area contributed by atoms with Crippen LogP contribution in [0, 0.1) is 5.41 Å². The van der Waals surface area contributed by atoms with Gasteiger partial charge in [-0.3, -0.25) is 0 Å². The molecule has 1 amide bonds. The van der Waals surface area contributed by atoms with Crippen molar-refractivity contribution in [3.63, 3.8) is 0 Å². The lowest BCUT2D eigenvalue weighted by Crippen LogP contribution is -2.43. The molecule has 6 heteroatoms. The first-order valence-corrected chi connectivity index (χ1v) is 6.26. The van der Waals surface area contributed by atoms with Gasteiger partial charge in [-0.15, -0.1) is 0 Å². The number of amides is 1. The fraction of sp³-hybridized carbons (Fsp3) is 0.417. The molecule has 1 aromatic carbocycles. The maximum atomic E-state index is 11.8. The van der Waals surface area contributed by atoms with Gasteiger partial charge < -0.3 is 4.74 Å². The summed E-state index contributed by atoms with van der Waals surface area (Å²) in [5, 5.41) is 2.21. The van der Waals surface area contributed by atoms with Gasteiger partial charge in [-0.2, -0.15) is 5.43 Å². The van der Waals surface area contributed by atoms with E-state index >= 15 is 0 Å². The third kappa shape index (κ3) is 2.55. The lowest BCUT2D eigenvalue weighted by atomic mass is 9.95. The predicted molar refractivity (Wildman–Crippen MR) is 71.8 cm³/mol. The van der Waals surface area contributed by atoms with Crippen LogP contribution in [0.2, 0.25) is 10.0 Å². The van der Waals surface area contributed by atoms with Crippen LogP contribution in [0.4, 0.5) is 10.5 Å². The smallest absolute Gasteiger partial charge is 0.427 e. The van der Waals surface area contributed by atoms with Crippen molar-refractivity contribution >= 4 is 35.0 Å². The number of nitrogens with one attached hydrogen (secondary N) is 1. The lowest BCUT2D eigenvalue weighted by molar-refractivity contribution is 0.0523. The summed E-state index contributed by atoms with van der Waals surface area (Å²) in [6.45, 7) is 5.93. The van der Waals surface area contributed by atoms with Crippen molar-refractivity contribution < 1.29 is 9.53 Å². The Labute approximate surface area is 116 Å². The van der Waals surface area contributed by atoms with Crippen molar-refractivity contribution in [1.29, 1.82) is 0 Å². The van der Waals surface area contributed by atoms with Gasteiger partial charge in [0.1, 0.15) is 0 Å². The molecule has 1 aliphatic rings. The van der Waals surface area contributed by atoms with Gasteiger partial charge >= 0.3 is 6.09 Å². The van der Waals surface area contributed by atoms with E-state index in [4.69, 9.17) is 27.9 Å². The van der Waals surface area contributed by atoms with Crippen LogP contribution in [0.3, 0.4) is 0 Å². The lowest BCUT2D eigenvalue weighted by Gasteiger charge is -2.25. The van der Waals surface area contributed by atoms with E-state index in [-0.39, 0.29) is 5.41 Å². The third-order valence-electron chi connectivity index (χ3n) is 2.58. The fourth-order valence-corrected chi connectivity index (χ4v) is 2.04. The third-order valence-corrected chi connectivity index (χ3v) is 3.12. The van der Waals surface area contributed by atoms with E-state index in [1.165, 1.54) is 5.01 Å². The Bertz CT molecular complexity index is 485. The number of hydrazine groups is 1. The molecule has 98 valence electrons. The van der Waals surface area contributed by atoms with E-state index in [2.05, 4.69) is 5.43 Å². The molecular weight excluding hydrogens is 275 g/mol. The maximum absolute atomic E-state index is 11.8. The standard InChI is InChI=1S/C12H14Cl2N2O2/c1-12(2,3)10-15-16(11(17)18-10)9-5-4-7(13)6-8(9)14/h4-6,10,15H,1-3H3. The molecule has 1 aliphatic heterocycles. The molecule has 1 fully saturated rings. The summed E-state index contributed by atoms with van der Waals surface area (Å²) in [4.78, 5) is 11.8. The molecule has 1 N–H and O–H groups in total. The van der Waals surface area contributed by atoms with Gasteiger partial charge in [-0.1, -0.05) is 44.0 Å². The molecule has 4 nitrogen and oxygen atoms in total. The Morgan fingerprint density at radius 1 is 1.33 bits per heavy atom. The second-order valence-electron chi connectivity index (χ2n) is 5.19. The molecule has 2 rings (SSSR count). The number of anilines is 1. The second-order valence-corrected chi connectivity index (χ2v) is 6.03. The monoisotopic (exact) mass is 288 g/mol. The van der Waals surface area contributed by atoms with Gasteiger partial charge in [0.2, 0.25) is 0 Å². The predicted octanol–water partition coefficient (Wildman–Crippen LogP) is 3.83. The highest BCUT2D eigenvalue weighted by Gasteiger charge is 2.39. The van der Waals surface area contributed by atoms with Gasteiger partial charge in [0.25, 0.3) is 0 Å². The molecule has 0 saturated carbocycles. The Hall–Kier alpha value is -0.970. The van der Waals surface area contributed by atoms with E-state index in [1.807, 2.05) is 20.8 Å². The van der Waals surface area contributed by atoms with Crippen LogP contribution >= 0.6 is 23.2 Å². The van der Waals surface area contributed by atoms with Gasteiger partial charge in [0, 0.05) is 10.4 Å². The number of cyclic esters (lactones) is 1. The zero-order chi connectivity index (χ0) is 13.5. The molecule has 1 aromatic rings. The van der Waals surface area contributed by atoms with Crippen molar-refractivity contribution in [1.82, 2.24) is 5.43 Å². The zero-order valence-electron chi connectivity index (χ0n) is 10.3. The Morgan fingerprint density at radius 2 is 2.00 bits per heavy atom. The van der Waals surface area contributed by atoms with Gasteiger partial charge in [-0.05, 0) is 18.2 Å². The summed E-state index contributed by atoms with van der Waals surface area (Å²) in [6, 6.07) is 4.92. The molecule has 0 spiro atoms. The average molecular weight is 289 g/mol. The Morgan fingerprint density at radius 3 is 2.50 bits per heavy atom. The van der Waals surface area contributed by atoms with Gasteiger partial charge in [0.05, 0.1) is 10.7 Å². The molecule has 0 aliphatic carbocycles. The first kappa shape index (κ1) is 13.5. The first-order chi connectivity index (χ1) is 8.29. The Balaban J connectivity index is 2.27. The summed E-state index contributed by atoms with van der Waals surface area (Å²) >= 11 is 11.9. The number of carbonyl (C=O) groups excluding carboxylic acids is 1. The first-order valence-electron chi connectivity index (χ1n) is 5.51. The number of benzene rings is 1. The second kappa shape index (κ2) is 4.61. The molecule has 18 heavy (non-hydrogen) atoms. The van der Waals surface area contributed by atoms with Crippen molar-refractivity contribution in [2.45, 2.75) is 27.0 Å². The molecule has 1 saturated heterocycles. The topological polar surface area (TPSA) is 41.6 Å². The van der Waals surface area contributed by atoms with Crippen LogP contribution in [0.5, 0.6) is 0 Å². The molecule has 0 aromatic heterocycles. The summed E-state index contributed by atoms with van der Waals surface area (Å²) in [5.74, 6) is 0. The minimum Gasteiger partial charge on any atom is -0.427 e. The van der Waals surface area contributed by atoms with Crippen molar-refractivity contribution in [3.8, 4) is 0 Å². The number of halogens is 2. The number of nitrogens with zero attached hydrogens (tertiary/aromatic N) is 1. The molecule has 1 unspecified atom stereocenters. The number of ether oxygens (including phenoxy) is 1. The zero-order valence-corrected chi connectivity index (χ0v) is 11.8. The summed E-state index contributed by atoms with van der Waals surface area (Å²) in [7, 11) is 0. The van der Waals surface area contributed by atoms with Crippen LogP contribution in [-0.2, 0) is 4.74 Å². The normalized spacial score (nSPS) is 20.2. The SMILES string of the molecule is CC(C)(C)C1NN(c2ccc(Cl)cc2Cl)C(=O)O1. The van der Waals surface area contributed by atoms with Crippen LogP contribution < -0.4 is 10.4 Å². The largest absolute Gasteiger partial charge is 0.430 e. The van der Waals surface area contributed by atoms with E-state index < -0.39 is 12.3 Å². The fourth-order valence-electron chi connectivity index (χ4n) is 1.55. The molecule has 1 heterocycles. The highest BCUT2D eigenvalue weighted by atomic mass is 35.5. The van der Waals surface area contributed by atoms with Crippen LogP contribution in [0.1, 0.15) is 20.8 Å². The number of rotatable bonds is 1. The van der Waals surface area contributed by atoms with Crippen LogP contribution in [0.15, 0.2) is 18.2 Å². The van der Waals surface area contributed by atoms with Gasteiger partial charge in [-0.25, -0.2) is 9.80 Å². The van der Waals surface area contributed by atoms with E-state index in [0.29, 0.717) is 15.7 Å². The molecule has 0 bridgehead atoms. The van der Waals surface area contributed by atoms with E-state index in [9.17, 15) is 4.79 Å². The van der Waals surface area contributed by atoms with E-state index in [0.717, 1.165) is 0 Å². The minimum absolute atomic E-state index is 0.205. The number of carbonyl (C=O) groups is 1. The summed E-state index contributed by atoms with van der Waals surface area (Å²) in [5.41, 5.74) is 3.31. The summed E-state index contributed by atoms with van der Waals surface area (Å²) in [6.07, 6.45) is -0.865. The maximum Gasteiger partial charge on any atom is 0.430 e. The quantitative estimate of drug-likeness (QED) is 0.854. The number of hydrogen-bond donors (Lipinski definition) is 1.